The van der Waals surface area contributed by atoms with E-state index in [-0.39, 0.29) is 23.0 Å². The average molecular weight is 351 g/mol. The second-order valence-corrected chi connectivity index (χ2v) is 6.12. The van der Waals surface area contributed by atoms with Crippen molar-refractivity contribution >= 4 is 17.7 Å². The largest absolute Gasteiger partial charge is 0.511 e. The maximum atomic E-state index is 12.5. The fraction of sp³-hybridized carbons (Fsp3) is 0.238. The van der Waals surface area contributed by atoms with Crippen molar-refractivity contribution in [2.75, 3.05) is 14.2 Å². The van der Waals surface area contributed by atoms with Crippen molar-refractivity contribution in [2.24, 2.45) is 4.99 Å². The fourth-order valence-electron chi connectivity index (χ4n) is 2.98. The molecule has 1 unspecified atom stereocenters. The van der Waals surface area contributed by atoms with Gasteiger partial charge in [0, 0.05) is 19.1 Å². The Kier molecular flexibility index (Phi) is 5.37. The van der Waals surface area contributed by atoms with Crippen LogP contribution in [-0.2, 0) is 4.79 Å². The number of aliphatic hydroxyl groups is 1. The van der Waals surface area contributed by atoms with E-state index in [1.54, 1.807) is 38.5 Å². The number of methoxy groups -OCH3 is 2. The molecule has 0 amide bonds. The van der Waals surface area contributed by atoms with Crippen molar-refractivity contribution in [2.45, 2.75) is 18.8 Å². The molecule has 134 valence electrons. The molecule has 1 atom stereocenters. The van der Waals surface area contributed by atoms with Gasteiger partial charge in [0.2, 0.25) is 0 Å². The standard InChI is InChI=1S/C21H21NO4/c1-25-17-7-3-14(4-8-17)15-11-20(23)19(21(24)12-15)13-22-16-5-9-18(26-2)10-6-16/h3-10,13,15,23H,11-12H2,1-2H3. The summed E-state index contributed by atoms with van der Waals surface area (Å²) >= 11 is 0. The predicted molar refractivity (Wildman–Crippen MR) is 101 cm³/mol. The smallest absolute Gasteiger partial charge is 0.168 e. The number of carbonyl (C=O) groups excluding carboxylic acids is 1. The zero-order valence-electron chi connectivity index (χ0n) is 14.8. The molecule has 0 saturated carbocycles. The number of ketones is 1. The molecule has 5 nitrogen and oxygen atoms in total. The van der Waals surface area contributed by atoms with Crippen LogP contribution in [0, 0.1) is 0 Å². The highest BCUT2D eigenvalue weighted by molar-refractivity contribution is 6.15. The molecule has 3 rings (SSSR count). The van der Waals surface area contributed by atoms with Gasteiger partial charge in [0.1, 0.15) is 17.3 Å². The fourth-order valence-corrected chi connectivity index (χ4v) is 2.98. The van der Waals surface area contributed by atoms with Crippen molar-refractivity contribution in [3.05, 3.63) is 65.4 Å². The monoisotopic (exact) mass is 351 g/mol. The molecule has 0 radical (unpaired) electrons. The lowest BCUT2D eigenvalue weighted by Crippen LogP contribution is -2.19. The van der Waals surface area contributed by atoms with Crippen LogP contribution in [0.25, 0.3) is 0 Å². The molecule has 0 fully saturated rings. The molecule has 0 bridgehead atoms. The van der Waals surface area contributed by atoms with Gasteiger partial charge in [-0.15, -0.1) is 0 Å². The summed E-state index contributed by atoms with van der Waals surface area (Å²) in [5, 5.41) is 10.4. The van der Waals surface area contributed by atoms with E-state index < -0.39 is 0 Å². The molecule has 0 heterocycles. The SMILES string of the molecule is COc1ccc(N=CC2=C(O)CC(c3ccc(OC)cc3)CC2=O)cc1. The molecule has 2 aromatic rings. The van der Waals surface area contributed by atoms with E-state index in [0.717, 1.165) is 17.1 Å². The van der Waals surface area contributed by atoms with Crippen molar-refractivity contribution in [1.82, 2.24) is 0 Å². The summed E-state index contributed by atoms with van der Waals surface area (Å²) < 4.78 is 10.3. The number of rotatable bonds is 5. The summed E-state index contributed by atoms with van der Waals surface area (Å²) in [6.07, 6.45) is 2.21. The quantitative estimate of drug-likeness (QED) is 0.813. The summed E-state index contributed by atoms with van der Waals surface area (Å²) in [6, 6.07) is 14.8. The number of allylic oxidation sites excluding steroid dienone is 2. The highest BCUT2D eigenvalue weighted by Crippen LogP contribution is 2.34. The number of benzene rings is 2. The number of nitrogens with zero attached hydrogens (tertiary/aromatic N) is 1. The normalized spacial score (nSPS) is 17.6. The van der Waals surface area contributed by atoms with Crippen molar-refractivity contribution in [3.63, 3.8) is 0 Å². The topological polar surface area (TPSA) is 68.1 Å². The number of aliphatic imine (C=N–C) groups is 1. The molecule has 1 aliphatic rings. The number of hydrogen-bond donors (Lipinski definition) is 1. The number of Topliss-reactive ketones (excluding diaryl/α,β-unsaturated/α-hetero) is 1. The summed E-state index contributed by atoms with van der Waals surface area (Å²) in [6.45, 7) is 0. The van der Waals surface area contributed by atoms with Gasteiger partial charge >= 0.3 is 0 Å². The number of hydrogen-bond acceptors (Lipinski definition) is 5. The number of carbonyl (C=O) groups is 1. The summed E-state index contributed by atoms with van der Waals surface area (Å²) in [4.78, 5) is 16.8. The third kappa shape index (κ3) is 3.94. The zero-order valence-corrected chi connectivity index (χ0v) is 14.8. The number of ether oxygens (including phenoxy) is 2. The van der Waals surface area contributed by atoms with Crippen LogP contribution in [0.2, 0.25) is 0 Å². The van der Waals surface area contributed by atoms with Crippen LogP contribution in [0.15, 0.2) is 64.9 Å². The van der Waals surface area contributed by atoms with Gasteiger partial charge in [-0.2, -0.15) is 0 Å². The molecular weight excluding hydrogens is 330 g/mol. The maximum Gasteiger partial charge on any atom is 0.168 e. The van der Waals surface area contributed by atoms with Crippen LogP contribution in [0.5, 0.6) is 11.5 Å². The minimum Gasteiger partial charge on any atom is -0.511 e. The molecule has 1 N–H and O–H groups in total. The van der Waals surface area contributed by atoms with Crippen molar-refractivity contribution in [1.29, 1.82) is 0 Å². The molecular formula is C21H21NO4. The van der Waals surface area contributed by atoms with E-state index in [1.165, 1.54) is 6.21 Å². The molecule has 1 aliphatic carbocycles. The molecule has 26 heavy (non-hydrogen) atoms. The Hall–Kier alpha value is -3.08. The summed E-state index contributed by atoms with van der Waals surface area (Å²) in [5.74, 6) is 1.45. The predicted octanol–water partition coefficient (Wildman–Crippen LogP) is 4.36. The van der Waals surface area contributed by atoms with Crippen LogP contribution in [0.3, 0.4) is 0 Å². The lowest BCUT2D eigenvalue weighted by molar-refractivity contribution is -0.116. The van der Waals surface area contributed by atoms with Gasteiger partial charge in [0.05, 0.1) is 25.5 Å². The van der Waals surface area contributed by atoms with Gasteiger partial charge < -0.3 is 14.6 Å². The van der Waals surface area contributed by atoms with Crippen LogP contribution >= 0.6 is 0 Å². The lowest BCUT2D eigenvalue weighted by Gasteiger charge is -2.22. The van der Waals surface area contributed by atoms with Crippen molar-refractivity contribution < 1.29 is 19.4 Å². The Morgan fingerprint density at radius 2 is 1.54 bits per heavy atom. The Morgan fingerprint density at radius 3 is 2.08 bits per heavy atom. The van der Waals surface area contributed by atoms with E-state index >= 15 is 0 Å². The van der Waals surface area contributed by atoms with E-state index in [2.05, 4.69) is 4.99 Å². The van der Waals surface area contributed by atoms with E-state index in [1.807, 2.05) is 24.3 Å². The van der Waals surface area contributed by atoms with Gasteiger partial charge in [-0.1, -0.05) is 12.1 Å². The Balaban J connectivity index is 1.75. The Labute approximate surface area is 152 Å². The summed E-state index contributed by atoms with van der Waals surface area (Å²) in [7, 11) is 3.21. The summed E-state index contributed by atoms with van der Waals surface area (Å²) in [5.41, 5.74) is 1.98. The van der Waals surface area contributed by atoms with Crippen molar-refractivity contribution in [3.8, 4) is 11.5 Å². The molecule has 0 aromatic heterocycles. The second-order valence-electron chi connectivity index (χ2n) is 6.12. The maximum absolute atomic E-state index is 12.5. The van der Waals surface area contributed by atoms with Gasteiger partial charge in [0.25, 0.3) is 0 Å². The number of aliphatic hydroxyl groups excluding tert-OH is 1. The van der Waals surface area contributed by atoms with Crippen LogP contribution in [0.1, 0.15) is 24.3 Å². The average Bonchev–Trinajstić information content (AvgIpc) is 2.67. The van der Waals surface area contributed by atoms with Gasteiger partial charge in [0.15, 0.2) is 5.78 Å². The van der Waals surface area contributed by atoms with Crippen LogP contribution in [-0.4, -0.2) is 31.3 Å². The van der Waals surface area contributed by atoms with Gasteiger partial charge in [-0.05, 0) is 47.9 Å². The highest BCUT2D eigenvalue weighted by atomic mass is 16.5. The minimum absolute atomic E-state index is 0.0356. The Morgan fingerprint density at radius 1 is 0.962 bits per heavy atom. The molecule has 5 heteroatoms. The highest BCUT2D eigenvalue weighted by Gasteiger charge is 2.27. The third-order valence-electron chi connectivity index (χ3n) is 4.49. The first-order valence-electron chi connectivity index (χ1n) is 8.38. The molecule has 2 aromatic carbocycles. The second kappa shape index (κ2) is 7.87. The first kappa shape index (κ1) is 17.7. The Bertz CT molecular complexity index is 835. The molecule has 0 aliphatic heterocycles. The van der Waals surface area contributed by atoms with Crippen LogP contribution < -0.4 is 9.47 Å². The van der Waals surface area contributed by atoms with Crippen LogP contribution in [0.4, 0.5) is 5.69 Å². The zero-order chi connectivity index (χ0) is 18.5. The third-order valence-corrected chi connectivity index (χ3v) is 4.49. The lowest BCUT2D eigenvalue weighted by atomic mass is 9.83. The van der Waals surface area contributed by atoms with E-state index in [0.29, 0.717) is 18.5 Å². The van der Waals surface area contributed by atoms with E-state index in [4.69, 9.17) is 9.47 Å². The minimum atomic E-state index is -0.105. The first-order chi connectivity index (χ1) is 12.6. The van der Waals surface area contributed by atoms with E-state index in [9.17, 15) is 9.90 Å². The first-order valence-corrected chi connectivity index (χ1v) is 8.38. The van der Waals surface area contributed by atoms with Gasteiger partial charge in [-0.3, -0.25) is 9.79 Å². The molecule has 0 spiro atoms. The van der Waals surface area contributed by atoms with Gasteiger partial charge in [-0.25, -0.2) is 0 Å². The molecule has 0 saturated heterocycles.